The molecule has 0 bridgehead atoms. The molecule has 4 aromatic rings. The lowest BCUT2D eigenvalue weighted by Gasteiger charge is -2.15. The van der Waals surface area contributed by atoms with E-state index in [1.807, 2.05) is 92.0 Å². The molecule has 4 nitrogen and oxygen atoms in total. The Hall–Kier alpha value is -3.66. The summed E-state index contributed by atoms with van der Waals surface area (Å²) in [6.07, 6.45) is 2.42. The molecular weight excluding hydrogens is 372 g/mol. The number of fused-ring (bicyclic) bond motifs is 1. The Kier molecular flexibility index (Phi) is 6.04. The monoisotopic (exact) mass is 396 g/mol. The Morgan fingerprint density at radius 3 is 2.13 bits per heavy atom. The lowest BCUT2D eigenvalue weighted by molar-refractivity contribution is -0.144. The van der Waals surface area contributed by atoms with Gasteiger partial charge in [-0.1, -0.05) is 78.9 Å². The highest BCUT2D eigenvalue weighted by Crippen LogP contribution is 2.21. The zero-order valence-corrected chi connectivity index (χ0v) is 16.9. The van der Waals surface area contributed by atoms with Crippen LogP contribution in [0.2, 0.25) is 0 Å². The smallest absolute Gasteiger partial charge is 0.331 e. The molecule has 4 heteroatoms. The molecule has 0 radical (unpaired) electrons. The van der Waals surface area contributed by atoms with Crippen LogP contribution in [-0.2, 0) is 16.0 Å². The van der Waals surface area contributed by atoms with Crippen LogP contribution in [0.3, 0.4) is 0 Å². The van der Waals surface area contributed by atoms with Gasteiger partial charge in [0.05, 0.1) is 12.3 Å². The first kappa shape index (κ1) is 19.6. The van der Waals surface area contributed by atoms with Gasteiger partial charge in [-0.05, 0) is 18.6 Å². The van der Waals surface area contributed by atoms with E-state index in [-0.39, 0.29) is 5.97 Å². The summed E-state index contributed by atoms with van der Waals surface area (Å²) in [6, 6.07) is 27.4. The molecular formula is C26H24N2O2. The quantitative estimate of drug-likeness (QED) is 0.346. The van der Waals surface area contributed by atoms with Gasteiger partial charge in [0.15, 0.2) is 6.04 Å². The number of H-pyrrole nitrogens is 1. The van der Waals surface area contributed by atoms with Gasteiger partial charge in [0.1, 0.15) is 0 Å². The molecule has 1 aromatic heterocycles. The zero-order valence-electron chi connectivity index (χ0n) is 16.9. The molecule has 0 saturated carbocycles. The number of aromatic nitrogens is 1. The maximum Gasteiger partial charge on any atom is 0.331 e. The van der Waals surface area contributed by atoms with Crippen molar-refractivity contribution in [3.8, 4) is 0 Å². The average Bonchev–Trinajstić information content (AvgIpc) is 3.21. The van der Waals surface area contributed by atoms with E-state index in [2.05, 4.69) is 11.1 Å². The van der Waals surface area contributed by atoms with E-state index in [0.717, 1.165) is 33.3 Å². The molecule has 30 heavy (non-hydrogen) atoms. The summed E-state index contributed by atoms with van der Waals surface area (Å²) < 4.78 is 5.38. The second-order valence-corrected chi connectivity index (χ2v) is 7.04. The number of para-hydroxylation sites is 1. The third kappa shape index (κ3) is 4.33. The van der Waals surface area contributed by atoms with E-state index in [0.29, 0.717) is 13.0 Å². The highest BCUT2D eigenvalue weighted by atomic mass is 16.5. The van der Waals surface area contributed by atoms with Gasteiger partial charge < -0.3 is 9.72 Å². The number of nitrogens with zero attached hydrogens (tertiary/aromatic N) is 1. The predicted molar refractivity (Wildman–Crippen MR) is 121 cm³/mol. The van der Waals surface area contributed by atoms with Gasteiger partial charge >= 0.3 is 5.97 Å². The first-order valence-corrected chi connectivity index (χ1v) is 10.2. The Morgan fingerprint density at radius 2 is 1.50 bits per heavy atom. The molecule has 0 aliphatic carbocycles. The Bertz CT molecular complexity index is 1110. The van der Waals surface area contributed by atoms with Crippen molar-refractivity contribution in [3.63, 3.8) is 0 Å². The summed E-state index contributed by atoms with van der Waals surface area (Å²) >= 11 is 0. The molecule has 3 aromatic carbocycles. The number of carbonyl (C=O) groups excluding carboxylic acids is 1. The number of hydrogen-bond donors (Lipinski definition) is 1. The van der Waals surface area contributed by atoms with Gasteiger partial charge in [-0.15, -0.1) is 0 Å². The van der Waals surface area contributed by atoms with Crippen LogP contribution < -0.4 is 0 Å². The van der Waals surface area contributed by atoms with Gasteiger partial charge in [-0.3, -0.25) is 4.99 Å². The van der Waals surface area contributed by atoms with Crippen molar-refractivity contribution in [1.82, 2.24) is 4.98 Å². The molecule has 1 heterocycles. The van der Waals surface area contributed by atoms with Gasteiger partial charge in [0.25, 0.3) is 0 Å². The summed E-state index contributed by atoms with van der Waals surface area (Å²) in [5.41, 5.74) is 4.82. The molecule has 1 N–H and O–H groups in total. The number of carbonyl (C=O) groups is 1. The van der Waals surface area contributed by atoms with Crippen LogP contribution in [0.5, 0.6) is 0 Å². The van der Waals surface area contributed by atoms with E-state index in [1.165, 1.54) is 0 Å². The molecule has 0 aliphatic heterocycles. The average molecular weight is 396 g/mol. The van der Waals surface area contributed by atoms with Crippen molar-refractivity contribution in [2.45, 2.75) is 19.4 Å². The number of hydrogen-bond acceptors (Lipinski definition) is 3. The summed E-state index contributed by atoms with van der Waals surface area (Å²) in [5, 5.41) is 1.10. The number of benzene rings is 3. The van der Waals surface area contributed by atoms with Crippen molar-refractivity contribution < 1.29 is 9.53 Å². The summed E-state index contributed by atoms with van der Waals surface area (Å²) in [6.45, 7) is 2.14. The highest BCUT2D eigenvalue weighted by molar-refractivity contribution is 6.13. The van der Waals surface area contributed by atoms with Crippen LogP contribution in [0.25, 0.3) is 10.9 Å². The number of ether oxygens (including phenoxy) is 1. The normalized spacial score (nSPS) is 11.8. The second-order valence-electron chi connectivity index (χ2n) is 7.04. The Labute approximate surface area is 176 Å². The molecule has 0 amide bonds. The lowest BCUT2D eigenvalue weighted by atomic mass is 10.0. The summed E-state index contributed by atoms with van der Waals surface area (Å²) in [7, 11) is 0. The highest BCUT2D eigenvalue weighted by Gasteiger charge is 2.23. The first-order chi connectivity index (χ1) is 14.8. The van der Waals surface area contributed by atoms with E-state index >= 15 is 0 Å². The van der Waals surface area contributed by atoms with Gasteiger partial charge in [-0.25, -0.2) is 4.79 Å². The van der Waals surface area contributed by atoms with Crippen LogP contribution in [0.4, 0.5) is 0 Å². The van der Waals surface area contributed by atoms with E-state index in [1.54, 1.807) is 0 Å². The third-order valence-corrected chi connectivity index (χ3v) is 5.03. The standard InChI is InChI=1S/C26H24N2O2/c1-2-30-26(29)24(17-21-18-27-23-16-10-9-15-22(21)23)28-25(19-11-5-3-6-12-19)20-13-7-4-8-14-20/h3-16,18,24,27H,2,17H2,1H3. The van der Waals surface area contributed by atoms with Crippen LogP contribution in [0.1, 0.15) is 23.6 Å². The summed E-state index contributed by atoms with van der Waals surface area (Å²) in [5.74, 6) is -0.313. The molecule has 1 atom stereocenters. The van der Waals surface area contributed by atoms with Crippen LogP contribution in [0.15, 0.2) is 96.1 Å². The summed E-state index contributed by atoms with van der Waals surface area (Å²) in [4.78, 5) is 21.1. The third-order valence-electron chi connectivity index (χ3n) is 5.03. The largest absolute Gasteiger partial charge is 0.464 e. The molecule has 1 unspecified atom stereocenters. The van der Waals surface area contributed by atoms with Gasteiger partial charge in [0, 0.05) is 34.6 Å². The molecule has 0 saturated heterocycles. The minimum atomic E-state index is -0.639. The van der Waals surface area contributed by atoms with Gasteiger partial charge in [0.2, 0.25) is 0 Å². The molecule has 4 rings (SSSR count). The van der Waals surface area contributed by atoms with E-state index in [4.69, 9.17) is 9.73 Å². The maximum absolute atomic E-state index is 12.9. The lowest BCUT2D eigenvalue weighted by Crippen LogP contribution is -2.26. The number of nitrogens with one attached hydrogen (secondary N) is 1. The second kappa shape index (κ2) is 9.23. The van der Waals surface area contributed by atoms with E-state index < -0.39 is 6.04 Å². The molecule has 150 valence electrons. The molecule has 0 spiro atoms. The molecule has 0 fully saturated rings. The maximum atomic E-state index is 12.9. The van der Waals surface area contributed by atoms with Crippen molar-refractivity contribution >= 4 is 22.6 Å². The van der Waals surface area contributed by atoms with E-state index in [9.17, 15) is 4.79 Å². The van der Waals surface area contributed by atoms with Crippen molar-refractivity contribution in [3.05, 3.63) is 108 Å². The minimum Gasteiger partial charge on any atom is -0.464 e. The first-order valence-electron chi connectivity index (χ1n) is 10.2. The van der Waals surface area contributed by atoms with Crippen molar-refractivity contribution in [2.75, 3.05) is 6.61 Å². The van der Waals surface area contributed by atoms with Crippen molar-refractivity contribution in [1.29, 1.82) is 0 Å². The topological polar surface area (TPSA) is 54.5 Å². The number of esters is 1. The minimum absolute atomic E-state index is 0.313. The number of aliphatic imine (C=N–C) groups is 1. The SMILES string of the molecule is CCOC(=O)C(Cc1c[nH]c2ccccc12)N=C(c1ccccc1)c1ccccc1. The van der Waals surface area contributed by atoms with Crippen LogP contribution in [-0.4, -0.2) is 29.3 Å². The fourth-order valence-electron chi connectivity index (χ4n) is 3.59. The van der Waals surface area contributed by atoms with Crippen molar-refractivity contribution in [2.24, 2.45) is 4.99 Å². The number of rotatable bonds is 7. The van der Waals surface area contributed by atoms with Gasteiger partial charge in [-0.2, -0.15) is 0 Å². The number of aromatic amines is 1. The predicted octanol–water partition coefficient (Wildman–Crippen LogP) is 5.18. The molecule has 0 aliphatic rings. The zero-order chi connectivity index (χ0) is 20.8. The van der Waals surface area contributed by atoms with Crippen LogP contribution in [0, 0.1) is 0 Å². The Morgan fingerprint density at radius 1 is 0.900 bits per heavy atom. The Balaban J connectivity index is 1.78. The fraction of sp³-hybridized carbons (Fsp3) is 0.154. The van der Waals surface area contributed by atoms with Crippen LogP contribution >= 0.6 is 0 Å². The fourth-order valence-corrected chi connectivity index (χ4v) is 3.59.